The molecule has 0 aliphatic carbocycles. The average Bonchev–Trinajstić information content (AvgIpc) is 2.86. The molecule has 1 aliphatic rings. The fourth-order valence-electron chi connectivity index (χ4n) is 2.29. The van der Waals surface area contributed by atoms with Crippen LogP contribution in [0.4, 0.5) is 5.69 Å². The standard InChI is InChI=1S/C15H14Br2N2O5/c1-24-15(23)10-6-19(2-3-20)14(22)13(10)18-12-8(7-21)4-9(16)5-11(12)17/h4-5,7,18,20H,2-3,6H2,1H3. The molecule has 128 valence electrons. The van der Waals surface area contributed by atoms with Crippen LogP contribution in [0.25, 0.3) is 0 Å². The molecule has 9 heteroatoms. The topological polar surface area (TPSA) is 95.9 Å². The molecule has 1 aliphatic heterocycles. The number of hydrogen-bond donors (Lipinski definition) is 2. The third kappa shape index (κ3) is 3.68. The molecule has 7 nitrogen and oxygen atoms in total. The van der Waals surface area contributed by atoms with Gasteiger partial charge in [-0.25, -0.2) is 4.79 Å². The second-order valence-corrected chi connectivity index (χ2v) is 6.66. The van der Waals surface area contributed by atoms with Crippen molar-refractivity contribution in [3.63, 3.8) is 0 Å². The average molecular weight is 462 g/mol. The van der Waals surface area contributed by atoms with Crippen LogP contribution in [0.1, 0.15) is 10.4 Å². The lowest BCUT2D eigenvalue weighted by molar-refractivity contribution is -0.136. The molecule has 0 aromatic heterocycles. The second kappa shape index (κ2) is 7.91. The lowest BCUT2D eigenvalue weighted by Crippen LogP contribution is -2.31. The summed E-state index contributed by atoms with van der Waals surface area (Å²) >= 11 is 6.61. The summed E-state index contributed by atoms with van der Waals surface area (Å²) in [4.78, 5) is 37.1. The van der Waals surface area contributed by atoms with E-state index in [-0.39, 0.29) is 31.0 Å². The first kappa shape index (κ1) is 18.6. The number of aldehydes is 1. The van der Waals surface area contributed by atoms with E-state index in [9.17, 15) is 14.4 Å². The van der Waals surface area contributed by atoms with Gasteiger partial charge in [0.2, 0.25) is 0 Å². The molecule has 1 amide bonds. The summed E-state index contributed by atoms with van der Waals surface area (Å²) in [6.07, 6.45) is 0.640. The van der Waals surface area contributed by atoms with Gasteiger partial charge < -0.3 is 20.1 Å². The van der Waals surface area contributed by atoms with Crippen molar-refractivity contribution in [2.45, 2.75) is 0 Å². The number of hydrogen-bond acceptors (Lipinski definition) is 6. The van der Waals surface area contributed by atoms with Crippen LogP contribution < -0.4 is 5.32 Å². The number of esters is 1. The van der Waals surface area contributed by atoms with Gasteiger partial charge in [0.05, 0.1) is 31.5 Å². The normalized spacial score (nSPS) is 14.2. The van der Waals surface area contributed by atoms with E-state index < -0.39 is 11.9 Å². The van der Waals surface area contributed by atoms with Crippen LogP contribution >= 0.6 is 31.9 Å². The maximum atomic E-state index is 12.5. The van der Waals surface area contributed by atoms with Crippen molar-refractivity contribution >= 4 is 55.7 Å². The molecule has 0 saturated heterocycles. The minimum atomic E-state index is -0.646. The van der Waals surface area contributed by atoms with Gasteiger partial charge >= 0.3 is 5.97 Å². The number of methoxy groups -OCH3 is 1. The van der Waals surface area contributed by atoms with Gasteiger partial charge in [0, 0.05) is 21.1 Å². The molecule has 2 rings (SSSR count). The van der Waals surface area contributed by atoms with E-state index in [4.69, 9.17) is 9.84 Å². The molecular weight excluding hydrogens is 448 g/mol. The van der Waals surface area contributed by atoms with Crippen LogP contribution in [0.2, 0.25) is 0 Å². The highest BCUT2D eigenvalue weighted by Gasteiger charge is 2.35. The number of rotatable bonds is 6. The third-order valence-electron chi connectivity index (χ3n) is 3.42. The number of amides is 1. The molecule has 1 aromatic carbocycles. The van der Waals surface area contributed by atoms with Crippen molar-refractivity contribution in [1.82, 2.24) is 4.90 Å². The second-order valence-electron chi connectivity index (χ2n) is 4.89. The Morgan fingerprint density at radius 3 is 2.75 bits per heavy atom. The predicted octanol–water partition coefficient (Wildman–Crippen LogP) is 1.70. The third-order valence-corrected chi connectivity index (χ3v) is 4.50. The Balaban J connectivity index is 2.46. The lowest BCUT2D eigenvalue weighted by Gasteiger charge is -2.16. The van der Waals surface area contributed by atoms with Crippen LogP contribution in [0.5, 0.6) is 0 Å². The minimum absolute atomic E-state index is 0.0268. The highest BCUT2D eigenvalue weighted by molar-refractivity contribution is 9.11. The summed E-state index contributed by atoms with van der Waals surface area (Å²) < 4.78 is 5.95. The van der Waals surface area contributed by atoms with Crippen LogP contribution in [0, 0.1) is 0 Å². The van der Waals surface area contributed by atoms with Crippen molar-refractivity contribution in [2.75, 3.05) is 32.1 Å². The Labute approximate surface area is 154 Å². The number of anilines is 1. The number of β-amino-alcohol motifs (C(OH)–C–C–N with tert-alkyl or cyclic N) is 1. The molecular formula is C15H14Br2N2O5. The highest BCUT2D eigenvalue weighted by atomic mass is 79.9. The summed E-state index contributed by atoms with van der Waals surface area (Å²) in [5.74, 6) is -1.09. The summed E-state index contributed by atoms with van der Waals surface area (Å²) in [7, 11) is 1.22. The number of aliphatic hydroxyl groups is 1. The maximum absolute atomic E-state index is 12.5. The van der Waals surface area contributed by atoms with E-state index in [0.29, 0.717) is 26.5 Å². The largest absolute Gasteiger partial charge is 0.466 e. The molecule has 0 spiro atoms. The highest BCUT2D eigenvalue weighted by Crippen LogP contribution is 2.32. The Kier molecular flexibility index (Phi) is 6.14. The molecule has 0 fully saturated rings. The zero-order valence-electron chi connectivity index (χ0n) is 12.6. The molecule has 0 radical (unpaired) electrons. The molecule has 1 heterocycles. The summed E-state index contributed by atoms with van der Waals surface area (Å²) in [6.45, 7) is -0.111. The van der Waals surface area contributed by atoms with Gasteiger partial charge in [0.15, 0.2) is 6.29 Å². The first-order chi connectivity index (χ1) is 11.4. The van der Waals surface area contributed by atoms with E-state index in [1.54, 1.807) is 12.1 Å². The maximum Gasteiger partial charge on any atom is 0.337 e. The fraction of sp³-hybridized carbons (Fsp3) is 0.267. The Morgan fingerprint density at radius 2 is 2.17 bits per heavy atom. The molecule has 0 atom stereocenters. The van der Waals surface area contributed by atoms with Crippen LogP contribution in [0.3, 0.4) is 0 Å². The first-order valence-electron chi connectivity index (χ1n) is 6.85. The van der Waals surface area contributed by atoms with Gasteiger partial charge in [-0.3, -0.25) is 9.59 Å². The van der Waals surface area contributed by atoms with Gasteiger partial charge in [0.1, 0.15) is 5.70 Å². The first-order valence-corrected chi connectivity index (χ1v) is 8.44. The monoisotopic (exact) mass is 460 g/mol. The molecule has 24 heavy (non-hydrogen) atoms. The fourth-order valence-corrected chi connectivity index (χ4v) is 3.65. The zero-order chi connectivity index (χ0) is 17.9. The van der Waals surface area contributed by atoms with Crippen LogP contribution in [-0.4, -0.2) is 55.0 Å². The number of nitrogens with zero attached hydrogens (tertiary/aromatic N) is 1. The smallest absolute Gasteiger partial charge is 0.337 e. The van der Waals surface area contributed by atoms with E-state index in [2.05, 4.69) is 37.2 Å². The van der Waals surface area contributed by atoms with Crippen molar-refractivity contribution < 1.29 is 24.2 Å². The van der Waals surface area contributed by atoms with Crippen LogP contribution in [-0.2, 0) is 14.3 Å². The van der Waals surface area contributed by atoms with Gasteiger partial charge in [-0.05, 0) is 28.1 Å². The van der Waals surface area contributed by atoms with Crippen molar-refractivity contribution in [2.24, 2.45) is 0 Å². The number of halogens is 2. The molecule has 0 saturated carbocycles. The molecule has 0 unspecified atom stereocenters. The number of aliphatic hydroxyl groups excluding tert-OH is 1. The molecule has 1 aromatic rings. The number of ether oxygens (including phenoxy) is 1. The number of nitrogens with one attached hydrogen (secondary N) is 1. The van der Waals surface area contributed by atoms with Gasteiger partial charge in [0.25, 0.3) is 5.91 Å². The predicted molar refractivity (Wildman–Crippen MR) is 93.6 cm³/mol. The zero-order valence-corrected chi connectivity index (χ0v) is 15.8. The summed E-state index contributed by atoms with van der Waals surface area (Å²) in [5, 5.41) is 11.9. The van der Waals surface area contributed by atoms with Crippen molar-refractivity contribution in [3.05, 3.63) is 37.9 Å². The van der Waals surface area contributed by atoms with Gasteiger partial charge in [-0.2, -0.15) is 0 Å². The Morgan fingerprint density at radius 1 is 1.46 bits per heavy atom. The quantitative estimate of drug-likeness (QED) is 0.494. The van der Waals surface area contributed by atoms with Crippen molar-refractivity contribution in [3.8, 4) is 0 Å². The van der Waals surface area contributed by atoms with E-state index in [0.717, 1.165) is 0 Å². The van der Waals surface area contributed by atoms with E-state index in [1.165, 1.54) is 12.0 Å². The number of carbonyl (C=O) groups excluding carboxylic acids is 3. The van der Waals surface area contributed by atoms with Gasteiger partial charge in [-0.15, -0.1) is 0 Å². The molecule has 2 N–H and O–H groups in total. The summed E-state index contributed by atoms with van der Waals surface area (Å²) in [6, 6.07) is 3.29. The number of carbonyl (C=O) groups is 3. The van der Waals surface area contributed by atoms with Crippen molar-refractivity contribution in [1.29, 1.82) is 0 Å². The van der Waals surface area contributed by atoms with Gasteiger partial charge in [-0.1, -0.05) is 15.9 Å². The molecule has 0 bridgehead atoms. The lowest BCUT2D eigenvalue weighted by atomic mass is 10.1. The van der Waals surface area contributed by atoms with Crippen LogP contribution in [0.15, 0.2) is 32.3 Å². The summed E-state index contributed by atoms with van der Waals surface area (Å²) in [5.41, 5.74) is 0.842. The van der Waals surface area contributed by atoms with E-state index in [1.807, 2.05) is 0 Å². The van der Waals surface area contributed by atoms with E-state index >= 15 is 0 Å². The minimum Gasteiger partial charge on any atom is -0.466 e. The number of benzene rings is 1. The Bertz CT molecular complexity index is 733. The SMILES string of the molecule is COC(=O)C1=C(Nc2c(Br)cc(Br)cc2C=O)C(=O)N(CCO)C1. The Hall–Kier alpha value is -1.71.